The summed E-state index contributed by atoms with van der Waals surface area (Å²) in [5, 5.41) is 20.9. The number of thiocarbonyl (C=S) groups is 1. The van der Waals surface area contributed by atoms with Gasteiger partial charge in [0.25, 0.3) is 11.6 Å². The number of benzene rings is 2. The number of amides is 1. The van der Waals surface area contributed by atoms with Crippen LogP contribution in [0.3, 0.4) is 0 Å². The van der Waals surface area contributed by atoms with Crippen molar-refractivity contribution in [1.82, 2.24) is 0 Å². The predicted molar refractivity (Wildman–Crippen MR) is 128 cm³/mol. The van der Waals surface area contributed by atoms with Crippen LogP contribution in [0.4, 0.5) is 17.1 Å². The quantitative estimate of drug-likeness (QED) is 0.291. The maximum atomic E-state index is 13.0. The number of aromatic carboxylic acids is 1. The summed E-state index contributed by atoms with van der Waals surface area (Å²) in [6, 6.07) is 10.9. The van der Waals surface area contributed by atoms with Crippen LogP contribution < -0.4 is 9.80 Å². The molecule has 10 heteroatoms. The van der Waals surface area contributed by atoms with Crippen LogP contribution in [0.25, 0.3) is 6.08 Å². The Morgan fingerprint density at radius 2 is 1.91 bits per heavy atom. The molecule has 1 amide bonds. The van der Waals surface area contributed by atoms with Gasteiger partial charge in [-0.1, -0.05) is 36.1 Å². The second-order valence-corrected chi connectivity index (χ2v) is 9.10. The molecule has 0 radical (unpaired) electrons. The van der Waals surface area contributed by atoms with E-state index in [4.69, 9.17) is 12.2 Å². The third-order valence-corrected chi connectivity index (χ3v) is 6.64. The fourth-order valence-electron chi connectivity index (χ4n) is 3.80. The third kappa shape index (κ3) is 4.37. The lowest BCUT2D eigenvalue weighted by Crippen LogP contribution is -2.29. The molecule has 2 fully saturated rings. The van der Waals surface area contributed by atoms with Crippen LogP contribution in [0.2, 0.25) is 0 Å². The number of rotatable bonds is 5. The predicted octanol–water partition coefficient (Wildman–Crippen LogP) is 4.69. The standard InChI is InChI=1S/C22H19N3O5S2/c26-20-19(32-22(31)24(20)16-6-4-5-15(13-16)21(27)28)12-14-7-8-17(18(11-14)25(29)30)23-9-2-1-3-10-23/h4-8,11-13H,1-3,9-10H2,(H,27,28)/b19-12+. The zero-order chi connectivity index (χ0) is 22.8. The molecule has 0 aromatic heterocycles. The highest BCUT2D eigenvalue weighted by atomic mass is 32.2. The largest absolute Gasteiger partial charge is 0.478 e. The van der Waals surface area contributed by atoms with Gasteiger partial charge in [0.15, 0.2) is 4.32 Å². The monoisotopic (exact) mass is 469 g/mol. The lowest BCUT2D eigenvalue weighted by atomic mass is 10.1. The summed E-state index contributed by atoms with van der Waals surface area (Å²) in [7, 11) is 0. The molecule has 0 saturated carbocycles. The molecule has 1 N–H and O–H groups in total. The van der Waals surface area contributed by atoms with Crippen molar-refractivity contribution in [3.05, 3.63) is 68.6 Å². The summed E-state index contributed by atoms with van der Waals surface area (Å²) in [5.41, 5.74) is 1.53. The van der Waals surface area contributed by atoms with Gasteiger partial charge in [-0.25, -0.2) is 4.79 Å². The molecular formula is C22H19N3O5S2. The first-order valence-electron chi connectivity index (χ1n) is 10.00. The van der Waals surface area contributed by atoms with Gasteiger partial charge in [0, 0.05) is 19.2 Å². The van der Waals surface area contributed by atoms with Gasteiger partial charge in [0.2, 0.25) is 0 Å². The maximum absolute atomic E-state index is 13.0. The average molecular weight is 470 g/mol. The third-order valence-electron chi connectivity index (χ3n) is 5.34. The fourth-order valence-corrected chi connectivity index (χ4v) is 5.10. The number of carboxylic acids is 1. The van der Waals surface area contributed by atoms with Crippen molar-refractivity contribution in [3.8, 4) is 0 Å². The molecule has 0 aliphatic carbocycles. The van der Waals surface area contributed by atoms with Gasteiger partial charge in [0.1, 0.15) is 5.69 Å². The van der Waals surface area contributed by atoms with E-state index in [1.807, 2.05) is 4.90 Å². The van der Waals surface area contributed by atoms with E-state index in [-0.39, 0.29) is 15.6 Å². The van der Waals surface area contributed by atoms with Crippen molar-refractivity contribution >= 4 is 63.3 Å². The van der Waals surface area contributed by atoms with Crippen LogP contribution in [0.1, 0.15) is 35.2 Å². The number of carboxylic acid groups (broad SMARTS) is 1. The lowest BCUT2D eigenvalue weighted by Gasteiger charge is -2.28. The molecule has 2 heterocycles. The maximum Gasteiger partial charge on any atom is 0.335 e. The van der Waals surface area contributed by atoms with Crippen molar-refractivity contribution in [2.24, 2.45) is 0 Å². The fraction of sp³-hybridized carbons (Fsp3) is 0.227. The number of hydrogen-bond donors (Lipinski definition) is 1. The Balaban J connectivity index is 1.64. The normalized spacial score (nSPS) is 17.8. The first kappa shape index (κ1) is 22.0. The molecule has 164 valence electrons. The van der Waals surface area contributed by atoms with E-state index in [1.54, 1.807) is 30.3 Å². The molecule has 0 unspecified atom stereocenters. The van der Waals surface area contributed by atoms with Crippen molar-refractivity contribution in [2.75, 3.05) is 22.9 Å². The molecule has 2 aliphatic rings. The van der Waals surface area contributed by atoms with Gasteiger partial charge in [-0.3, -0.25) is 19.8 Å². The van der Waals surface area contributed by atoms with Gasteiger partial charge >= 0.3 is 5.97 Å². The molecule has 0 atom stereocenters. The van der Waals surface area contributed by atoms with E-state index in [0.29, 0.717) is 21.8 Å². The number of nitro groups is 1. The molecule has 2 aromatic rings. The van der Waals surface area contributed by atoms with Crippen LogP contribution in [0.5, 0.6) is 0 Å². The first-order valence-corrected chi connectivity index (χ1v) is 11.2. The zero-order valence-electron chi connectivity index (χ0n) is 16.9. The minimum absolute atomic E-state index is 0.00490. The summed E-state index contributed by atoms with van der Waals surface area (Å²) >= 11 is 6.41. The Bertz CT molecular complexity index is 1160. The summed E-state index contributed by atoms with van der Waals surface area (Å²) in [6.07, 6.45) is 4.71. The number of thioether (sulfide) groups is 1. The van der Waals surface area contributed by atoms with E-state index in [2.05, 4.69) is 0 Å². The summed E-state index contributed by atoms with van der Waals surface area (Å²) in [4.78, 5) is 39.2. The van der Waals surface area contributed by atoms with Crippen molar-refractivity contribution in [2.45, 2.75) is 19.3 Å². The Hall–Kier alpha value is -3.24. The minimum atomic E-state index is -1.10. The molecule has 0 bridgehead atoms. The number of piperidine rings is 1. The Labute approximate surface area is 193 Å². The molecule has 2 saturated heterocycles. The van der Waals surface area contributed by atoms with Crippen LogP contribution in [0.15, 0.2) is 47.4 Å². The highest BCUT2D eigenvalue weighted by Crippen LogP contribution is 2.38. The molecule has 8 nitrogen and oxygen atoms in total. The molecular weight excluding hydrogens is 450 g/mol. The number of carbonyl (C=O) groups excluding carboxylic acids is 1. The SMILES string of the molecule is O=C(O)c1cccc(N2C(=O)/C(=C\c3ccc(N4CCCCC4)c([N+](=O)[O-])c3)SC2=S)c1. The minimum Gasteiger partial charge on any atom is -0.478 e. The van der Waals surface area contributed by atoms with Crippen LogP contribution in [-0.2, 0) is 4.79 Å². The van der Waals surface area contributed by atoms with E-state index in [0.717, 1.165) is 44.1 Å². The topological polar surface area (TPSA) is 104 Å². The molecule has 0 spiro atoms. The first-order chi connectivity index (χ1) is 15.3. The number of hydrogen-bond acceptors (Lipinski definition) is 7. The number of carbonyl (C=O) groups is 2. The smallest absolute Gasteiger partial charge is 0.335 e. The molecule has 2 aromatic carbocycles. The van der Waals surface area contributed by atoms with Gasteiger partial charge < -0.3 is 10.0 Å². The highest BCUT2D eigenvalue weighted by Gasteiger charge is 2.34. The van der Waals surface area contributed by atoms with E-state index in [1.165, 1.54) is 23.1 Å². The molecule has 32 heavy (non-hydrogen) atoms. The summed E-state index contributed by atoms with van der Waals surface area (Å²) < 4.78 is 0.267. The van der Waals surface area contributed by atoms with Gasteiger partial charge in [0.05, 0.1) is 21.1 Å². The van der Waals surface area contributed by atoms with Crippen LogP contribution in [-0.4, -0.2) is 39.3 Å². The number of anilines is 2. The van der Waals surface area contributed by atoms with Gasteiger partial charge in [-0.15, -0.1) is 0 Å². The van der Waals surface area contributed by atoms with Crippen molar-refractivity contribution in [3.63, 3.8) is 0 Å². The average Bonchev–Trinajstić information content (AvgIpc) is 3.07. The second kappa shape index (κ2) is 9.09. The van der Waals surface area contributed by atoms with Crippen molar-refractivity contribution < 1.29 is 19.6 Å². The molecule has 2 aliphatic heterocycles. The zero-order valence-corrected chi connectivity index (χ0v) is 18.5. The van der Waals surface area contributed by atoms with Crippen molar-refractivity contribution in [1.29, 1.82) is 0 Å². The van der Waals surface area contributed by atoms with Crippen LogP contribution >= 0.6 is 24.0 Å². The summed E-state index contributed by atoms with van der Waals surface area (Å²) in [6.45, 7) is 1.57. The second-order valence-electron chi connectivity index (χ2n) is 7.43. The summed E-state index contributed by atoms with van der Waals surface area (Å²) in [5.74, 6) is -1.50. The Kier molecular flexibility index (Phi) is 6.24. The highest BCUT2D eigenvalue weighted by molar-refractivity contribution is 8.27. The Morgan fingerprint density at radius 1 is 1.16 bits per heavy atom. The van der Waals surface area contributed by atoms with E-state index >= 15 is 0 Å². The van der Waals surface area contributed by atoms with E-state index in [9.17, 15) is 24.8 Å². The van der Waals surface area contributed by atoms with Gasteiger partial charge in [-0.2, -0.15) is 0 Å². The van der Waals surface area contributed by atoms with Gasteiger partial charge in [-0.05, 0) is 55.2 Å². The van der Waals surface area contributed by atoms with E-state index < -0.39 is 16.8 Å². The molecule has 4 rings (SSSR count). The lowest BCUT2D eigenvalue weighted by molar-refractivity contribution is -0.384. The number of nitro benzene ring substituents is 1. The number of nitrogens with zero attached hydrogens (tertiary/aromatic N) is 3. The van der Waals surface area contributed by atoms with Crippen LogP contribution in [0, 0.1) is 10.1 Å². The Morgan fingerprint density at radius 3 is 2.59 bits per heavy atom.